The number of H-pyrrole nitrogens is 2. The number of hydrogen-bond donors (Lipinski definition) is 3. The minimum atomic E-state index is -0.310. The highest BCUT2D eigenvalue weighted by molar-refractivity contribution is 5.97. The molecule has 1 amide bonds. The van der Waals surface area contributed by atoms with Crippen molar-refractivity contribution in [1.82, 2.24) is 35.1 Å². The summed E-state index contributed by atoms with van der Waals surface area (Å²) in [4.78, 5) is 33.4. The van der Waals surface area contributed by atoms with Crippen molar-refractivity contribution in [2.24, 2.45) is 0 Å². The van der Waals surface area contributed by atoms with Crippen LogP contribution in [-0.4, -0.2) is 41.0 Å². The molecular formula is C27H21FN8O. The summed E-state index contributed by atoms with van der Waals surface area (Å²) in [6, 6.07) is 11.8. The lowest BCUT2D eigenvalue weighted by molar-refractivity contribution is -0.116. The van der Waals surface area contributed by atoms with E-state index in [-0.39, 0.29) is 11.7 Å². The number of anilines is 1. The van der Waals surface area contributed by atoms with E-state index in [2.05, 4.69) is 35.5 Å². The SMILES string of the molecule is CCCC(=O)Nc1cncc(-c2cc3c(-c4nc5c(-c6ccc(F)cc6)nccc5[nH]4)n[nH]c3cn2)c1. The third kappa shape index (κ3) is 4.29. The van der Waals surface area contributed by atoms with Crippen molar-refractivity contribution in [1.29, 1.82) is 0 Å². The van der Waals surface area contributed by atoms with E-state index in [1.165, 1.54) is 12.1 Å². The van der Waals surface area contributed by atoms with Crippen LogP contribution in [0.15, 0.2) is 67.3 Å². The molecule has 0 spiro atoms. The molecule has 0 unspecified atom stereocenters. The fraction of sp³-hybridized carbons (Fsp3) is 0.111. The van der Waals surface area contributed by atoms with Crippen molar-refractivity contribution in [3.05, 3.63) is 73.1 Å². The average molecular weight is 493 g/mol. The number of fused-ring (bicyclic) bond motifs is 2. The first kappa shape index (κ1) is 22.5. The summed E-state index contributed by atoms with van der Waals surface area (Å²) < 4.78 is 13.4. The van der Waals surface area contributed by atoms with Gasteiger partial charge in [0.2, 0.25) is 5.91 Å². The molecule has 0 fully saturated rings. The zero-order chi connectivity index (χ0) is 25.4. The monoisotopic (exact) mass is 492 g/mol. The highest BCUT2D eigenvalue weighted by atomic mass is 19.1. The highest BCUT2D eigenvalue weighted by Crippen LogP contribution is 2.32. The number of aromatic amines is 2. The molecule has 0 aliphatic carbocycles. The second kappa shape index (κ2) is 9.23. The van der Waals surface area contributed by atoms with Gasteiger partial charge in [-0.2, -0.15) is 5.10 Å². The first-order valence-corrected chi connectivity index (χ1v) is 11.8. The molecule has 9 nitrogen and oxygen atoms in total. The van der Waals surface area contributed by atoms with Crippen LogP contribution in [0, 0.1) is 5.82 Å². The Morgan fingerprint density at radius 3 is 2.68 bits per heavy atom. The first-order valence-electron chi connectivity index (χ1n) is 11.8. The number of rotatable bonds is 6. The number of benzene rings is 1. The van der Waals surface area contributed by atoms with E-state index in [0.717, 1.165) is 34.0 Å². The van der Waals surface area contributed by atoms with Crippen LogP contribution in [0.1, 0.15) is 19.8 Å². The second-order valence-electron chi connectivity index (χ2n) is 8.60. The third-order valence-corrected chi connectivity index (χ3v) is 5.98. The van der Waals surface area contributed by atoms with Gasteiger partial charge in [-0.25, -0.2) is 9.37 Å². The van der Waals surface area contributed by atoms with Gasteiger partial charge in [0.25, 0.3) is 0 Å². The number of aromatic nitrogens is 7. The smallest absolute Gasteiger partial charge is 0.224 e. The lowest BCUT2D eigenvalue weighted by Crippen LogP contribution is -2.10. The number of carbonyl (C=O) groups excluding carboxylic acids is 1. The summed E-state index contributed by atoms with van der Waals surface area (Å²) in [5.74, 6) is 0.199. The predicted octanol–water partition coefficient (Wildman–Crippen LogP) is 5.50. The van der Waals surface area contributed by atoms with E-state index in [4.69, 9.17) is 4.98 Å². The summed E-state index contributed by atoms with van der Waals surface area (Å²) in [6.45, 7) is 1.96. The van der Waals surface area contributed by atoms with Gasteiger partial charge in [-0.3, -0.25) is 24.8 Å². The largest absolute Gasteiger partial charge is 0.336 e. The molecule has 5 aromatic heterocycles. The van der Waals surface area contributed by atoms with Crippen LogP contribution in [0.5, 0.6) is 0 Å². The number of hydrogen-bond acceptors (Lipinski definition) is 6. The maximum Gasteiger partial charge on any atom is 0.224 e. The maximum atomic E-state index is 13.4. The number of pyridine rings is 3. The summed E-state index contributed by atoms with van der Waals surface area (Å²) in [5, 5.41) is 11.2. The van der Waals surface area contributed by atoms with Crippen LogP contribution >= 0.6 is 0 Å². The van der Waals surface area contributed by atoms with Gasteiger partial charge < -0.3 is 10.3 Å². The van der Waals surface area contributed by atoms with E-state index in [1.807, 2.05) is 25.1 Å². The number of halogens is 1. The molecule has 0 radical (unpaired) electrons. The summed E-state index contributed by atoms with van der Waals surface area (Å²) in [5.41, 5.74) is 6.29. The maximum absolute atomic E-state index is 13.4. The van der Waals surface area contributed by atoms with Crippen LogP contribution in [0.2, 0.25) is 0 Å². The van der Waals surface area contributed by atoms with Crippen LogP contribution in [0.25, 0.3) is 56.0 Å². The van der Waals surface area contributed by atoms with E-state index in [1.54, 1.807) is 36.9 Å². The molecular weight excluding hydrogens is 471 g/mol. The summed E-state index contributed by atoms with van der Waals surface area (Å²) >= 11 is 0. The minimum Gasteiger partial charge on any atom is -0.336 e. The Labute approximate surface area is 210 Å². The number of nitrogens with zero attached hydrogens (tertiary/aromatic N) is 5. The topological polar surface area (TPSA) is 125 Å². The van der Waals surface area contributed by atoms with Crippen molar-refractivity contribution in [2.45, 2.75) is 19.8 Å². The Kier molecular flexibility index (Phi) is 5.61. The zero-order valence-corrected chi connectivity index (χ0v) is 19.8. The van der Waals surface area contributed by atoms with Gasteiger partial charge in [-0.15, -0.1) is 0 Å². The van der Waals surface area contributed by atoms with Crippen LogP contribution < -0.4 is 5.32 Å². The van der Waals surface area contributed by atoms with Gasteiger partial charge in [0.05, 0.1) is 40.5 Å². The van der Waals surface area contributed by atoms with E-state index >= 15 is 0 Å². The third-order valence-electron chi connectivity index (χ3n) is 5.98. The molecule has 0 bridgehead atoms. The van der Waals surface area contributed by atoms with Gasteiger partial charge in [0.1, 0.15) is 17.0 Å². The summed E-state index contributed by atoms with van der Waals surface area (Å²) in [7, 11) is 0. The Bertz CT molecular complexity index is 1760. The number of carbonyl (C=O) groups is 1. The van der Waals surface area contributed by atoms with Gasteiger partial charge in [0.15, 0.2) is 5.82 Å². The fourth-order valence-electron chi connectivity index (χ4n) is 4.22. The Morgan fingerprint density at radius 2 is 1.84 bits per heavy atom. The molecule has 37 heavy (non-hydrogen) atoms. The van der Waals surface area contributed by atoms with Gasteiger partial charge >= 0.3 is 0 Å². The molecule has 10 heteroatoms. The van der Waals surface area contributed by atoms with Gasteiger partial charge in [-0.1, -0.05) is 6.92 Å². The van der Waals surface area contributed by atoms with E-state index in [9.17, 15) is 9.18 Å². The molecule has 5 heterocycles. The van der Waals surface area contributed by atoms with Crippen molar-refractivity contribution in [3.63, 3.8) is 0 Å². The molecule has 0 saturated heterocycles. The molecule has 6 aromatic rings. The standard InChI is InChI=1S/C27H21FN8O/c1-2-3-23(37)32-18-10-16(12-29-13-18)21-11-19-22(14-31-21)35-36-25(19)27-33-20-8-9-30-24(26(20)34-27)15-4-6-17(28)7-5-15/h4-14H,2-3H2,1H3,(H,32,37)(H,33,34)(H,35,36). The normalized spacial score (nSPS) is 11.3. The van der Waals surface area contributed by atoms with Crippen LogP contribution in [0.4, 0.5) is 10.1 Å². The molecule has 0 aliphatic heterocycles. The quantitative estimate of drug-likeness (QED) is 0.282. The predicted molar refractivity (Wildman–Crippen MR) is 139 cm³/mol. The minimum absolute atomic E-state index is 0.0543. The highest BCUT2D eigenvalue weighted by Gasteiger charge is 2.17. The Hall–Kier alpha value is -4.99. The fourth-order valence-corrected chi connectivity index (χ4v) is 4.22. The number of nitrogens with one attached hydrogen (secondary N) is 3. The van der Waals surface area contributed by atoms with Crippen molar-refractivity contribution < 1.29 is 9.18 Å². The molecule has 182 valence electrons. The lowest BCUT2D eigenvalue weighted by atomic mass is 10.1. The lowest BCUT2D eigenvalue weighted by Gasteiger charge is -2.06. The first-order chi connectivity index (χ1) is 18.1. The summed E-state index contributed by atoms with van der Waals surface area (Å²) in [6.07, 6.45) is 7.92. The van der Waals surface area contributed by atoms with Gasteiger partial charge in [-0.05, 0) is 48.9 Å². The average Bonchev–Trinajstić information content (AvgIpc) is 3.53. The Morgan fingerprint density at radius 1 is 0.973 bits per heavy atom. The van der Waals surface area contributed by atoms with Crippen LogP contribution in [0.3, 0.4) is 0 Å². The second-order valence-corrected chi connectivity index (χ2v) is 8.60. The zero-order valence-electron chi connectivity index (χ0n) is 19.8. The van der Waals surface area contributed by atoms with Crippen molar-refractivity contribution >= 4 is 33.5 Å². The van der Waals surface area contributed by atoms with E-state index in [0.29, 0.717) is 40.5 Å². The molecule has 0 aliphatic rings. The number of imidazole rings is 1. The van der Waals surface area contributed by atoms with Gasteiger partial charge in [0, 0.05) is 35.3 Å². The van der Waals surface area contributed by atoms with Crippen LogP contribution in [-0.2, 0) is 4.79 Å². The molecule has 3 N–H and O–H groups in total. The number of amides is 1. The molecule has 0 saturated carbocycles. The van der Waals surface area contributed by atoms with Crippen molar-refractivity contribution in [3.8, 4) is 34.0 Å². The molecule has 6 rings (SSSR count). The Balaban J connectivity index is 1.40. The van der Waals surface area contributed by atoms with Crippen molar-refractivity contribution in [2.75, 3.05) is 5.32 Å². The molecule has 0 atom stereocenters. The van der Waals surface area contributed by atoms with E-state index < -0.39 is 0 Å². The molecule has 1 aromatic carbocycles.